The molecule has 0 aromatic heterocycles. The van der Waals surface area contributed by atoms with E-state index in [4.69, 9.17) is 0 Å². The van der Waals surface area contributed by atoms with Gasteiger partial charge in [0.15, 0.2) is 0 Å². The highest BCUT2D eigenvalue weighted by molar-refractivity contribution is 9.09. The molecule has 0 aromatic carbocycles. The maximum atomic E-state index is 12.7. The SMILES string of the molecule is C[C@H]1CC[C@@H]2C3CC[C@@]4(C)C(C5=C[C@@H]5[C@@H]4C(=O)CBr)[C@@H]3CC[C@@H]2C1. The predicted octanol–water partition coefficient (Wildman–Crippen LogP) is 5.63. The largest absolute Gasteiger partial charge is 0.298 e. The van der Waals surface area contributed by atoms with E-state index in [0.29, 0.717) is 22.9 Å². The molecule has 2 heteroatoms. The standard InChI is InChI=1S/C22H31BrO/c1-12-3-5-14-13(9-12)4-6-16-15(14)7-8-22(2)20(16)17-10-18(17)21(22)19(24)11-23/h10,12-16,18,20-21H,3-9,11H2,1-2H3/t12-,13+,14-,15?,16+,18-,20?,21+,22-/m0/s1. The first kappa shape index (κ1) is 16.1. The third kappa shape index (κ3) is 2.07. The van der Waals surface area contributed by atoms with Gasteiger partial charge in [0.05, 0.1) is 5.33 Å². The van der Waals surface area contributed by atoms with Gasteiger partial charge in [-0.1, -0.05) is 47.8 Å². The van der Waals surface area contributed by atoms with Crippen LogP contribution in [0.4, 0.5) is 0 Å². The molecule has 5 rings (SSSR count). The normalized spacial score (nSPS) is 54.9. The van der Waals surface area contributed by atoms with Crippen molar-refractivity contribution >= 4 is 21.7 Å². The average Bonchev–Trinajstić information content (AvgIpc) is 3.28. The highest BCUT2D eigenvalue weighted by Gasteiger charge is 2.66. The Morgan fingerprint density at radius 3 is 2.75 bits per heavy atom. The smallest absolute Gasteiger partial charge is 0.147 e. The number of rotatable bonds is 2. The van der Waals surface area contributed by atoms with Crippen LogP contribution in [-0.4, -0.2) is 11.1 Å². The Morgan fingerprint density at radius 2 is 1.96 bits per heavy atom. The van der Waals surface area contributed by atoms with Crippen molar-refractivity contribution < 1.29 is 4.79 Å². The van der Waals surface area contributed by atoms with Crippen molar-refractivity contribution in [1.82, 2.24) is 0 Å². The molecule has 0 radical (unpaired) electrons. The summed E-state index contributed by atoms with van der Waals surface area (Å²) >= 11 is 3.46. The molecular formula is C22H31BrO. The van der Waals surface area contributed by atoms with Crippen LogP contribution in [0.25, 0.3) is 0 Å². The van der Waals surface area contributed by atoms with Gasteiger partial charge in [-0.05, 0) is 79.4 Å². The first-order valence-electron chi connectivity index (χ1n) is 10.3. The lowest BCUT2D eigenvalue weighted by molar-refractivity contribution is -0.128. The van der Waals surface area contributed by atoms with Gasteiger partial charge < -0.3 is 0 Å². The minimum absolute atomic E-state index is 0.273. The predicted molar refractivity (Wildman–Crippen MR) is 101 cm³/mol. The van der Waals surface area contributed by atoms with Crippen molar-refractivity contribution in [3.63, 3.8) is 0 Å². The molecule has 0 heterocycles. The lowest BCUT2D eigenvalue weighted by atomic mass is 9.48. The van der Waals surface area contributed by atoms with Crippen LogP contribution in [0.5, 0.6) is 0 Å². The number of allylic oxidation sites excluding steroid dienone is 2. The number of fused-ring (bicyclic) bond motifs is 7. The van der Waals surface area contributed by atoms with E-state index in [1.54, 1.807) is 5.57 Å². The Kier molecular flexibility index (Phi) is 3.65. The molecule has 0 amide bonds. The van der Waals surface area contributed by atoms with Gasteiger partial charge in [0.1, 0.15) is 5.78 Å². The summed E-state index contributed by atoms with van der Waals surface area (Å²) < 4.78 is 0. The number of carbonyl (C=O) groups is 1. The number of alkyl halides is 1. The number of Topliss-reactive ketones (excluding diaryl/α,β-unsaturated/α-hetero) is 1. The Morgan fingerprint density at radius 1 is 1.17 bits per heavy atom. The molecule has 5 aliphatic rings. The Bertz CT molecular complexity index is 595. The van der Waals surface area contributed by atoms with E-state index in [1.807, 2.05) is 0 Å². The number of hydrogen-bond acceptors (Lipinski definition) is 1. The summed E-state index contributed by atoms with van der Waals surface area (Å²) in [5, 5.41) is 0.550. The van der Waals surface area contributed by atoms with Crippen LogP contribution in [0, 0.1) is 52.8 Å². The van der Waals surface area contributed by atoms with E-state index < -0.39 is 0 Å². The summed E-state index contributed by atoms with van der Waals surface area (Å²) in [6.07, 6.45) is 12.5. The zero-order valence-electron chi connectivity index (χ0n) is 15.1. The molecule has 1 nitrogen and oxygen atoms in total. The maximum absolute atomic E-state index is 12.7. The van der Waals surface area contributed by atoms with Gasteiger partial charge >= 0.3 is 0 Å². The van der Waals surface area contributed by atoms with Crippen LogP contribution in [0.2, 0.25) is 0 Å². The molecule has 2 unspecified atom stereocenters. The molecule has 5 aliphatic carbocycles. The van der Waals surface area contributed by atoms with Crippen molar-refractivity contribution in [1.29, 1.82) is 0 Å². The van der Waals surface area contributed by atoms with Crippen LogP contribution in [0.15, 0.2) is 11.6 Å². The lowest BCUT2D eigenvalue weighted by Crippen LogP contribution is -2.50. The third-order valence-electron chi connectivity index (χ3n) is 8.98. The quantitative estimate of drug-likeness (QED) is 0.440. The lowest BCUT2D eigenvalue weighted by Gasteiger charge is -2.56. The van der Waals surface area contributed by atoms with Gasteiger partial charge in [-0.3, -0.25) is 4.79 Å². The number of halogens is 1. The number of carbonyl (C=O) groups excluding carboxylic acids is 1. The van der Waals surface area contributed by atoms with E-state index >= 15 is 0 Å². The van der Waals surface area contributed by atoms with Crippen LogP contribution >= 0.6 is 15.9 Å². The molecule has 0 N–H and O–H groups in total. The Balaban J connectivity index is 1.44. The van der Waals surface area contributed by atoms with Crippen molar-refractivity contribution in [3.05, 3.63) is 11.6 Å². The molecule has 132 valence electrons. The van der Waals surface area contributed by atoms with Crippen LogP contribution in [0.3, 0.4) is 0 Å². The van der Waals surface area contributed by atoms with E-state index in [1.165, 1.54) is 44.9 Å². The van der Waals surface area contributed by atoms with Crippen molar-refractivity contribution in [2.45, 2.75) is 58.8 Å². The second-order valence-electron chi connectivity index (χ2n) is 10.0. The molecule has 0 spiro atoms. The zero-order valence-corrected chi connectivity index (χ0v) is 16.7. The second kappa shape index (κ2) is 5.44. The number of ketones is 1. The fourth-order valence-electron chi connectivity index (χ4n) is 8.12. The first-order chi connectivity index (χ1) is 11.5. The van der Waals surface area contributed by atoms with Gasteiger partial charge in [0, 0.05) is 11.8 Å². The van der Waals surface area contributed by atoms with E-state index in [2.05, 4.69) is 35.9 Å². The second-order valence-corrected chi connectivity index (χ2v) is 10.6. The van der Waals surface area contributed by atoms with Crippen molar-refractivity contribution in [3.8, 4) is 0 Å². The molecule has 0 saturated heterocycles. The molecule has 9 atom stereocenters. The Labute approximate surface area is 155 Å². The summed E-state index contributed by atoms with van der Waals surface area (Å²) in [6.45, 7) is 4.94. The van der Waals surface area contributed by atoms with Gasteiger partial charge in [0.2, 0.25) is 0 Å². The van der Waals surface area contributed by atoms with Crippen molar-refractivity contribution in [2.75, 3.05) is 5.33 Å². The molecule has 24 heavy (non-hydrogen) atoms. The molecule has 0 bridgehead atoms. The molecule has 0 aliphatic heterocycles. The highest BCUT2D eigenvalue weighted by atomic mass is 79.9. The number of hydrogen-bond donors (Lipinski definition) is 0. The zero-order chi connectivity index (χ0) is 16.6. The summed E-state index contributed by atoms with van der Waals surface area (Å²) in [5.74, 6) is 6.90. The maximum Gasteiger partial charge on any atom is 0.147 e. The monoisotopic (exact) mass is 390 g/mol. The van der Waals surface area contributed by atoms with E-state index in [9.17, 15) is 4.79 Å². The summed E-state index contributed by atoms with van der Waals surface area (Å²) in [4.78, 5) is 12.7. The molecule has 4 saturated carbocycles. The van der Waals surface area contributed by atoms with E-state index in [0.717, 1.165) is 35.5 Å². The van der Waals surface area contributed by atoms with Crippen molar-refractivity contribution in [2.24, 2.45) is 52.8 Å². The van der Waals surface area contributed by atoms with Crippen LogP contribution < -0.4 is 0 Å². The fraction of sp³-hybridized carbons (Fsp3) is 0.864. The van der Waals surface area contributed by atoms with Crippen LogP contribution in [-0.2, 0) is 4.79 Å². The fourth-order valence-corrected chi connectivity index (χ4v) is 8.47. The molecular weight excluding hydrogens is 360 g/mol. The summed E-state index contributed by atoms with van der Waals surface area (Å²) in [5.41, 5.74) is 1.98. The van der Waals surface area contributed by atoms with Gasteiger partial charge in [-0.15, -0.1) is 0 Å². The third-order valence-corrected chi connectivity index (χ3v) is 9.54. The van der Waals surface area contributed by atoms with Gasteiger partial charge in [-0.2, -0.15) is 0 Å². The highest BCUT2D eigenvalue weighted by Crippen LogP contribution is 2.71. The minimum Gasteiger partial charge on any atom is -0.298 e. The minimum atomic E-state index is 0.273. The molecule has 4 fully saturated rings. The van der Waals surface area contributed by atoms with Gasteiger partial charge in [0.25, 0.3) is 0 Å². The Hall–Kier alpha value is -0.110. The summed E-state index contributed by atoms with van der Waals surface area (Å²) in [7, 11) is 0. The molecule has 0 aromatic rings. The summed E-state index contributed by atoms with van der Waals surface area (Å²) in [6, 6.07) is 0. The van der Waals surface area contributed by atoms with Crippen LogP contribution in [0.1, 0.15) is 58.8 Å². The first-order valence-corrected chi connectivity index (χ1v) is 11.5. The average molecular weight is 391 g/mol. The van der Waals surface area contributed by atoms with Gasteiger partial charge in [-0.25, -0.2) is 0 Å². The van der Waals surface area contributed by atoms with E-state index in [-0.39, 0.29) is 5.41 Å². The topological polar surface area (TPSA) is 17.1 Å².